The van der Waals surface area contributed by atoms with Gasteiger partial charge in [0.05, 0.1) is 5.92 Å². The lowest BCUT2D eigenvalue weighted by Gasteiger charge is -2.06. The van der Waals surface area contributed by atoms with E-state index in [-0.39, 0.29) is 18.4 Å². The van der Waals surface area contributed by atoms with Gasteiger partial charge in [0, 0.05) is 7.05 Å². The Kier molecular flexibility index (Phi) is 4.28. The number of rotatable bonds is 4. The molecule has 0 bridgehead atoms. The van der Waals surface area contributed by atoms with Gasteiger partial charge >= 0.3 is 0 Å². The molecule has 4 heteroatoms. The second kappa shape index (κ2) is 4.78. The summed E-state index contributed by atoms with van der Waals surface area (Å²) < 4.78 is 4.38. The summed E-state index contributed by atoms with van der Waals surface area (Å²) in [7, 11) is 1.54. The molecule has 1 N–H and O–H groups in total. The van der Waals surface area contributed by atoms with Crippen molar-refractivity contribution in [1.29, 1.82) is 0 Å². The van der Waals surface area contributed by atoms with Gasteiger partial charge in [-0.25, -0.2) is 0 Å². The Morgan fingerprint density at radius 3 is 2.80 bits per heavy atom. The maximum absolute atomic E-state index is 10.7. The van der Waals surface area contributed by atoms with Crippen LogP contribution in [0.3, 0.4) is 0 Å². The monoisotopic (exact) mass is 145 g/mol. The highest BCUT2D eigenvalue weighted by atomic mass is 16.5. The first-order valence-corrected chi connectivity index (χ1v) is 2.99. The zero-order chi connectivity index (χ0) is 7.98. The predicted octanol–water partition coefficient (Wildman–Crippen LogP) is -0.459. The standard InChI is InChI=1S/C6H11NO3/c1-5(3-10-4-8)6(9)7-2/h4-5H,3H2,1-2H3,(H,7,9). The van der Waals surface area contributed by atoms with Crippen molar-refractivity contribution in [2.45, 2.75) is 6.92 Å². The van der Waals surface area contributed by atoms with Crippen molar-refractivity contribution >= 4 is 12.4 Å². The molecule has 4 nitrogen and oxygen atoms in total. The van der Waals surface area contributed by atoms with Crippen LogP contribution in [-0.2, 0) is 14.3 Å². The third kappa shape index (κ3) is 3.06. The van der Waals surface area contributed by atoms with E-state index in [2.05, 4.69) is 10.1 Å². The molecular formula is C6H11NO3. The van der Waals surface area contributed by atoms with E-state index in [1.54, 1.807) is 14.0 Å². The van der Waals surface area contributed by atoms with Gasteiger partial charge in [-0.3, -0.25) is 9.59 Å². The van der Waals surface area contributed by atoms with Gasteiger partial charge in [-0.05, 0) is 0 Å². The number of ether oxygens (including phenoxy) is 1. The fourth-order valence-corrected chi connectivity index (χ4v) is 0.506. The summed E-state index contributed by atoms with van der Waals surface area (Å²) in [6.45, 7) is 2.16. The molecule has 1 atom stereocenters. The van der Waals surface area contributed by atoms with E-state index in [1.165, 1.54) is 0 Å². The normalized spacial score (nSPS) is 11.8. The average Bonchev–Trinajstić information content (AvgIpc) is 1.98. The highest BCUT2D eigenvalue weighted by Gasteiger charge is 2.09. The number of carbonyl (C=O) groups is 2. The van der Waals surface area contributed by atoms with Crippen LogP contribution in [0, 0.1) is 5.92 Å². The van der Waals surface area contributed by atoms with E-state index in [0.29, 0.717) is 6.47 Å². The first-order valence-electron chi connectivity index (χ1n) is 2.99. The molecule has 0 aromatic rings. The van der Waals surface area contributed by atoms with Crippen molar-refractivity contribution in [1.82, 2.24) is 5.32 Å². The van der Waals surface area contributed by atoms with Gasteiger partial charge in [0.2, 0.25) is 5.91 Å². The van der Waals surface area contributed by atoms with Crippen molar-refractivity contribution in [2.24, 2.45) is 5.92 Å². The lowest BCUT2D eigenvalue weighted by atomic mass is 10.2. The minimum atomic E-state index is -0.268. The summed E-state index contributed by atoms with van der Waals surface area (Å²) in [5, 5.41) is 2.44. The van der Waals surface area contributed by atoms with Crippen molar-refractivity contribution in [3.8, 4) is 0 Å². The molecule has 0 spiro atoms. The zero-order valence-corrected chi connectivity index (χ0v) is 6.09. The molecule has 58 valence electrons. The number of carbonyl (C=O) groups excluding carboxylic acids is 2. The molecule has 0 heterocycles. The first-order chi connectivity index (χ1) is 4.72. The molecule has 1 amide bonds. The van der Waals surface area contributed by atoms with E-state index in [1.807, 2.05) is 0 Å². The second-order valence-corrected chi connectivity index (χ2v) is 1.94. The van der Waals surface area contributed by atoms with E-state index >= 15 is 0 Å². The topological polar surface area (TPSA) is 55.4 Å². The fourth-order valence-electron chi connectivity index (χ4n) is 0.506. The number of hydrogen-bond donors (Lipinski definition) is 1. The minimum absolute atomic E-state index is 0.123. The highest BCUT2D eigenvalue weighted by molar-refractivity contribution is 5.78. The molecule has 0 aliphatic carbocycles. The van der Waals surface area contributed by atoms with Crippen LogP contribution in [0.1, 0.15) is 6.92 Å². The largest absolute Gasteiger partial charge is 0.467 e. The van der Waals surface area contributed by atoms with Crippen LogP contribution in [0.15, 0.2) is 0 Å². The fraction of sp³-hybridized carbons (Fsp3) is 0.667. The van der Waals surface area contributed by atoms with E-state index in [9.17, 15) is 9.59 Å². The van der Waals surface area contributed by atoms with E-state index < -0.39 is 0 Å². The summed E-state index contributed by atoms with van der Waals surface area (Å²) in [4.78, 5) is 20.4. The maximum atomic E-state index is 10.7. The van der Waals surface area contributed by atoms with E-state index in [0.717, 1.165) is 0 Å². The van der Waals surface area contributed by atoms with Gasteiger partial charge in [0.25, 0.3) is 6.47 Å². The third-order valence-corrected chi connectivity index (χ3v) is 1.11. The molecule has 0 aromatic carbocycles. The quantitative estimate of drug-likeness (QED) is 0.545. The molecule has 0 aliphatic rings. The van der Waals surface area contributed by atoms with Crippen molar-refractivity contribution in [2.75, 3.05) is 13.7 Å². The Bertz CT molecular complexity index is 124. The molecular weight excluding hydrogens is 134 g/mol. The Labute approximate surface area is 59.6 Å². The SMILES string of the molecule is CNC(=O)C(C)COC=O. The van der Waals surface area contributed by atoms with Crippen LogP contribution in [0.5, 0.6) is 0 Å². The molecule has 1 unspecified atom stereocenters. The predicted molar refractivity (Wildman–Crippen MR) is 35.2 cm³/mol. The van der Waals surface area contributed by atoms with Crippen molar-refractivity contribution in [3.05, 3.63) is 0 Å². The summed E-state index contributed by atoms with van der Waals surface area (Å²) in [6, 6.07) is 0. The summed E-state index contributed by atoms with van der Waals surface area (Å²) in [5.41, 5.74) is 0. The Hall–Kier alpha value is -1.06. The molecule has 0 aliphatic heterocycles. The van der Waals surface area contributed by atoms with Crippen LogP contribution in [-0.4, -0.2) is 26.0 Å². The summed E-state index contributed by atoms with van der Waals surface area (Å²) in [5.74, 6) is -0.392. The van der Waals surface area contributed by atoms with Crippen LogP contribution >= 0.6 is 0 Å². The Morgan fingerprint density at radius 1 is 1.80 bits per heavy atom. The molecule has 0 fully saturated rings. The average molecular weight is 145 g/mol. The maximum Gasteiger partial charge on any atom is 0.293 e. The third-order valence-electron chi connectivity index (χ3n) is 1.11. The summed E-state index contributed by atoms with van der Waals surface area (Å²) >= 11 is 0. The van der Waals surface area contributed by atoms with Gasteiger partial charge < -0.3 is 10.1 Å². The number of hydrogen-bond acceptors (Lipinski definition) is 3. The van der Waals surface area contributed by atoms with Gasteiger partial charge in [0.1, 0.15) is 6.61 Å². The number of amides is 1. The minimum Gasteiger partial charge on any atom is -0.467 e. The zero-order valence-electron chi connectivity index (χ0n) is 6.09. The van der Waals surface area contributed by atoms with Gasteiger partial charge in [-0.2, -0.15) is 0 Å². The van der Waals surface area contributed by atoms with Crippen molar-refractivity contribution in [3.63, 3.8) is 0 Å². The lowest BCUT2D eigenvalue weighted by molar-refractivity contribution is -0.133. The Morgan fingerprint density at radius 2 is 2.40 bits per heavy atom. The Balaban J connectivity index is 3.50. The molecule has 0 rings (SSSR count). The van der Waals surface area contributed by atoms with E-state index in [4.69, 9.17) is 0 Å². The van der Waals surface area contributed by atoms with Crippen LogP contribution in [0.25, 0.3) is 0 Å². The first kappa shape index (κ1) is 8.94. The van der Waals surface area contributed by atoms with Gasteiger partial charge in [-0.15, -0.1) is 0 Å². The molecule has 0 aromatic heterocycles. The van der Waals surface area contributed by atoms with Gasteiger partial charge in [-0.1, -0.05) is 6.92 Å². The second-order valence-electron chi connectivity index (χ2n) is 1.94. The van der Waals surface area contributed by atoms with Crippen LogP contribution in [0.2, 0.25) is 0 Å². The molecule has 0 saturated heterocycles. The number of nitrogens with one attached hydrogen (secondary N) is 1. The molecule has 10 heavy (non-hydrogen) atoms. The summed E-state index contributed by atoms with van der Waals surface area (Å²) in [6.07, 6.45) is 0. The smallest absolute Gasteiger partial charge is 0.293 e. The highest BCUT2D eigenvalue weighted by Crippen LogP contribution is 1.93. The van der Waals surface area contributed by atoms with Gasteiger partial charge in [0.15, 0.2) is 0 Å². The molecule has 0 saturated carbocycles. The van der Waals surface area contributed by atoms with Crippen molar-refractivity contribution < 1.29 is 14.3 Å². The van der Waals surface area contributed by atoms with Crippen LogP contribution < -0.4 is 5.32 Å². The lowest BCUT2D eigenvalue weighted by Crippen LogP contribution is -2.28. The molecule has 0 radical (unpaired) electrons. The van der Waals surface area contributed by atoms with Crippen LogP contribution in [0.4, 0.5) is 0 Å².